The lowest BCUT2D eigenvalue weighted by molar-refractivity contribution is 0.439. The molecule has 37 heavy (non-hydrogen) atoms. The molecule has 0 spiro atoms. The van der Waals surface area contributed by atoms with Gasteiger partial charge in [-0.2, -0.15) is 0 Å². The Morgan fingerprint density at radius 2 is 1.95 bits per heavy atom. The van der Waals surface area contributed by atoms with Crippen LogP contribution in [0.15, 0.2) is 81.8 Å². The number of halogens is 2. The summed E-state index contributed by atoms with van der Waals surface area (Å²) in [7, 11) is -3.42. The standard InChI is InChI=1S/C26H22BrFN4O3S2/c1-15-13-17(7-9-20(15)31-37(2,33)34)32-25(24(30-26(32)36)21-5-3-4-12-29-21)23-11-10-22(35-23)18-8-6-16(28)14-19(18)27/h3-14,24-25,31H,1-2H3,(H,30,36)/t24-,25+/m0/s1. The molecule has 0 bridgehead atoms. The topological polar surface area (TPSA) is 87.5 Å². The summed E-state index contributed by atoms with van der Waals surface area (Å²) in [5.41, 5.74) is 3.49. The molecule has 1 aliphatic heterocycles. The van der Waals surface area contributed by atoms with E-state index in [9.17, 15) is 12.8 Å². The Bertz CT molecular complexity index is 1590. The SMILES string of the molecule is Cc1cc(N2C(=S)N[C@@H](c3ccccn3)[C@H]2c2ccc(-c3ccc(F)cc3Br)o2)ccc1NS(C)(=O)=O. The first-order valence-corrected chi connectivity index (χ1v) is 14.3. The molecule has 4 aromatic rings. The molecule has 2 atom stereocenters. The maximum Gasteiger partial charge on any atom is 0.229 e. The van der Waals surface area contributed by atoms with Crippen molar-refractivity contribution < 1.29 is 17.2 Å². The lowest BCUT2D eigenvalue weighted by Crippen LogP contribution is -2.29. The molecular weight excluding hydrogens is 579 g/mol. The summed E-state index contributed by atoms with van der Waals surface area (Å²) in [4.78, 5) is 6.48. The second-order valence-corrected chi connectivity index (χ2v) is 11.7. The maximum absolute atomic E-state index is 13.7. The minimum atomic E-state index is -3.42. The number of thiocarbonyl (C=S) groups is 1. The van der Waals surface area contributed by atoms with Crippen molar-refractivity contribution in [2.75, 3.05) is 15.9 Å². The third kappa shape index (κ3) is 5.25. The van der Waals surface area contributed by atoms with E-state index in [0.717, 1.165) is 23.2 Å². The number of hydrogen-bond donors (Lipinski definition) is 2. The van der Waals surface area contributed by atoms with Crippen LogP contribution < -0.4 is 14.9 Å². The fourth-order valence-electron chi connectivity index (χ4n) is 4.38. The van der Waals surface area contributed by atoms with E-state index in [1.807, 2.05) is 54.3 Å². The van der Waals surface area contributed by atoms with Gasteiger partial charge in [0.2, 0.25) is 10.0 Å². The Labute approximate surface area is 227 Å². The Morgan fingerprint density at radius 1 is 1.14 bits per heavy atom. The van der Waals surface area contributed by atoms with Gasteiger partial charge in [0.1, 0.15) is 23.4 Å². The molecule has 0 amide bonds. The summed E-state index contributed by atoms with van der Waals surface area (Å²) in [6, 6.07) is 18.5. The van der Waals surface area contributed by atoms with E-state index in [-0.39, 0.29) is 11.9 Å². The molecule has 0 unspecified atom stereocenters. The fourth-order valence-corrected chi connectivity index (χ4v) is 5.90. The highest BCUT2D eigenvalue weighted by Crippen LogP contribution is 2.44. The van der Waals surface area contributed by atoms with Crippen molar-refractivity contribution in [3.05, 3.63) is 100 Å². The van der Waals surface area contributed by atoms with E-state index >= 15 is 0 Å². The number of pyridine rings is 1. The molecule has 7 nitrogen and oxygen atoms in total. The molecule has 3 heterocycles. The molecule has 1 aliphatic rings. The molecule has 0 radical (unpaired) electrons. The molecule has 1 saturated heterocycles. The average molecular weight is 602 g/mol. The highest BCUT2D eigenvalue weighted by atomic mass is 79.9. The maximum atomic E-state index is 13.7. The van der Waals surface area contributed by atoms with E-state index in [1.165, 1.54) is 12.1 Å². The first kappa shape index (κ1) is 25.4. The minimum Gasteiger partial charge on any atom is -0.459 e. The summed E-state index contributed by atoms with van der Waals surface area (Å²) >= 11 is 9.18. The molecule has 2 N–H and O–H groups in total. The van der Waals surface area contributed by atoms with Gasteiger partial charge in [-0.1, -0.05) is 6.07 Å². The Kier molecular flexibility index (Phi) is 6.78. The van der Waals surface area contributed by atoms with Crippen molar-refractivity contribution in [2.24, 2.45) is 0 Å². The molecule has 2 aromatic carbocycles. The largest absolute Gasteiger partial charge is 0.459 e. The summed E-state index contributed by atoms with van der Waals surface area (Å²) in [5, 5.41) is 3.85. The normalized spacial score (nSPS) is 17.6. The van der Waals surface area contributed by atoms with Crippen LogP contribution in [-0.2, 0) is 10.0 Å². The van der Waals surface area contributed by atoms with Crippen LogP contribution in [0.3, 0.4) is 0 Å². The van der Waals surface area contributed by atoms with Crippen molar-refractivity contribution in [1.29, 1.82) is 0 Å². The van der Waals surface area contributed by atoms with Crippen molar-refractivity contribution in [1.82, 2.24) is 10.3 Å². The van der Waals surface area contributed by atoms with Gasteiger partial charge < -0.3 is 14.6 Å². The number of nitrogens with zero attached hydrogens (tertiary/aromatic N) is 2. The molecule has 11 heteroatoms. The number of anilines is 2. The number of benzene rings is 2. The number of aryl methyl sites for hydroxylation is 1. The quantitative estimate of drug-likeness (QED) is 0.258. The number of rotatable bonds is 6. The van der Waals surface area contributed by atoms with Crippen LogP contribution in [0.4, 0.5) is 15.8 Å². The molecular formula is C26H22BrFN4O3S2. The van der Waals surface area contributed by atoms with Gasteiger partial charge in [-0.05, 0) is 101 Å². The second kappa shape index (κ2) is 9.88. The zero-order valence-corrected chi connectivity index (χ0v) is 23.0. The lowest BCUT2D eigenvalue weighted by Gasteiger charge is -2.26. The highest BCUT2D eigenvalue weighted by Gasteiger charge is 2.42. The molecule has 1 fully saturated rings. The lowest BCUT2D eigenvalue weighted by atomic mass is 10.0. The van der Waals surface area contributed by atoms with Crippen molar-refractivity contribution in [3.63, 3.8) is 0 Å². The summed E-state index contributed by atoms with van der Waals surface area (Å²) < 4.78 is 46.6. The first-order valence-electron chi connectivity index (χ1n) is 11.2. The van der Waals surface area contributed by atoms with Gasteiger partial charge in [0, 0.05) is 21.9 Å². The van der Waals surface area contributed by atoms with Crippen LogP contribution in [0.25, 0.3) is 11.3 Å². The summed E-state index contributed by atoms with van der Waals surface area (Å²) in [6.45, 7) is 1.83. The van der Waals surface area contributed by atoms with Crippen molar-refractivity contribution in [2.45, 2.75) is 19.0 Å². The Hall–Kier alpha value is -3.28. The molecule has 0 aliphatic carbocycles. The third-order valence-corrected chi connectivity index (χ3v) is 7.56. The molecule has 5 rings (SSSR count). The van der Waals surface area contributed by atoms with Gasteiger partial charge in [0.05, 0.1) is 23.7 Å². The number of furan rings is 1. The Morgan fingerprint density at radius 3 is 2.62 bits per heavy atom. The predicted octanol–water partition coefficient (Wildman–Crippen LogP) is 6.10. The monoisotopic (exact) mass is 600 g/mol. The zero-order valence-electron chi connectivity index (χ0n) is 19.8. The third-order valence-electron chi connectivity index (χ3n) is 6.00. The zero-order chi connectivity index (χ0) is 26.3. The van der Waals surface area contributed by atoms with Crippen molar-refractivity contribution in [3.8, 4) is 11.3 Å². The van der Waals surface area contributed by atoms with Crippen LogP contribution in [0, 0.1) is 12.7 Å². The van der Waals surface area contributed by atoms with Gasteiger partial charge in [-0.15, -0.1) is 0 Å². The summed E-state index contributed by atoms with van der Waals surface area (Å²) in [5.74, 6) is 0.854. The van der Waals surface area contributed by atoms with Gasteiger partial charge in [-0.3, -0.25) is 9.71 Å². The molecule has 190 valence electrons. The van der Waals surface area contributed by atoms with E-state index in [1.54, 1.807) is 18.3 Å². The number of nitrogens with one attached hydrogen (secondary N) is 2. The van der Waals surface area contributed by atoms with Gasteiger partial charge >= 0.3 is 0 Å². The van der Waals surface area contributed by atoms with Crippen LogP contribution in [0.5, 0.6) is 0 Å². The van der Waals surface area contributed by atoms with E-state index in [0.29, 0.717) is 32.4 Å². The smallest absolute Gasteiger partial charge is 0.229 e. The predicted molar refractivity (Wildman–Crippen MR) is 149 cm³/mol. The van der Waals surface area contributed by atoms with Gasteiger partial charge in [0.15, 0.2) is 5.11 Å². The van der Waals surface area contributed by atoms with Crippen LogP contribution in [0.1, 0.15) is 29.1 Å². The van der Waals surface area contributed by atoms with Gasteiger partial charge in [-0.25, -0.2) is 12.8 Å². The summed E-state index contributed by atoms with van der Waals surface area (Å²) in [6.07, 6.45) is 2.83. The van der Waals surface area contributed by atoms with E-state index < -0.39 is 16.1 Å². The average Bonchev–Trinajstić information content (AvgIpc) is 3.45. The van der Waals surface area contributed by atoms with E-state index in [4.69, 9.17) is 16.6 Å². The van der Waals surface area contributed by atoms with Crippen LogP contribution in [0.2, 0.25) is 0 Å². The van der Waals surface area contributed by atoms with Crippen molar-refractivity contribution >= 4 is 54.7 Å². The van der Waals surface area contributed by atoms with Crippen LogP contribution >= 0.6 is 28.1 Å². The highest BCUT2D eigenvalue weighted by molar-refractivity contribution is 9.10. The molecule has 0 saturated carbocycles. The van der Waals surface area contributed by atoms with E-state index in [2.05, 4.69) is 31.0 Å². The number of sulfonamides is 1. The minimum absolute atomic E-state index is 0.321. The Balaban J connectivity index is 1.59. The van der Waals surface area contributed by atoms with Gasteiger partial charge in [0.25, 0.3) is 0 Å². The number of hydrogen-bond acceptors (Lipinski definition) is 5. The number of aromatic nitrogens is 1. The molecule has 2 aromatic heterocycles. The second-order valence-electron chi connectivity index (χ2n) is 8.70. The fraction of sp³-hybridized carbons (Fsp3) is 0.154. The van der Waals surface area contributed by atoms with Crippen LogP contribution in [-0.4, -0.2) is 24.8 Å². The first-order chi connectivity index (χ1) is 17.6.